The standard InChI is InChI=1S/C12H21BrO2/c13-9-5-2-1-3-6-10-14-12-8-4-7-11-15-12/h6,10,12H,1-5,7-9,11H2. The number of alkyl halides is 1. The Morgan fingerprint density at radius 2 is 2.20 bits per heavy atom. The monoisotopic (exact) mass is 276 g/mol. The van der Waals surface area contributed by atoms with E-state index >= 15 is 0 Å². The number of ether oxygens (including phenoxy) is 2. The molecule has 0 N–H and O–H groups in total. The molecule has 0 bridgehead atoms. The maximum Gasteiger partial charge on any atom is 0.198 e. The van der Waals surface area contributed by atoms with Crippen LogP contribution in [0.3, 0.4) is 0 Å². The van der Waals surface area contributed by atoms with Gasteiger partial charge in [0, 0.05) is 11.8 Å². The highest BCUT2D eigenvalue weighted by Gasteiger charge is 2.12. The van der Waals surface area contributed by atoms with Crippen molar-refractivity contribution in [2.24, 2.45) is 0 Å². The van der Waals surface area contributed by atoms with Crippen LogP contribution in [0.5, 0.6) is 0 Å². The van der Waals surface area contributed by atoms with Gasteiger partial charge in [-0.3, -0.25) is 0 Å². The summed E-state index contributed by atoms with van der Waals surface area (Å²) in [6, 6.07) is 0. The van der Waals surface area contributed by atoms with Crippen molar-refractivity contribution in [1.82, 2.24) is 0 Å². The first-order valence-corrected chi connectivity index (χ1v) is 7.03. The second-order valence-electron chi connectivity index (χ2n) is 3.84. The average molecular weight is 277 g/mol. The molecule has 3 heteroatoms. The third-order valence-electron chi connectivity index (χ3n) is 2.47. The molecule has 0 aromatic heterocycles. The van der Waals surface area contributed by atoms with Gasteiger partial charge in [0.05, 0.1) is 12.9 Å². The minimum atomic E-state index is 0.0116. The first kappa shape index (κ1) is 13.0. The molecule has 1 saturated heterocycles. The lowest BCUT2D eigenvalue weighted by atomic mass is 10.2. The zero-order chi connectivity index (χ0) is 10.8. The summed E-state index contributed by atoms with van der Waals surface area (Å²) in [5.74, 6) is 0. The molecule has 0 spiro atoms. The smallest absolute Gasteiger partial charge is 0.198 e. The lowest BCUT2D eigenvalue weighted by Gasteiger charge is -2.21. The van der Waals surface area contributed by atoms with Crippen molar-refractivity contribution >= 4 is 15.9 Å². The minimum Gasteiger partial charge on any atom is -0.473 e. The second kappa shape index (κ2) is 9.22. The average Bonchev–Trinajstić information content (AvgIpc) is 2.29. The van der Waals surface area contributed by atoms with Crippen LogP contribution in [-0.2, 0) is 9.47 Å². The van der Waals surface area contributed by atoms with E-state index in [1.807, 2.05) is 6.26 Å². The molecule has 1 unspecified atom stereocenters. The number of allylic oxidation sites excluding steroid dienone is 1. The zero-order valence-electron chi connectivity index (χ0n) is 9.29. The van der Waals surface area contributed by atoms with Crippen molar-refractivity contribution in [2.75, 3.05) is 11.9 Å². The number of rotatable bonds is 7. The molecule has 2 nitrogen and oxygen atoms in total. The first-order chi connectivity index (χ1) is 7.43. The van der Waals surface area contributed by atoms with Gasteiger partial charge in [-0.25, -0.2) is 0 Å². The van der Waals surface area contributed by atoms with E-state index < -0.39 is 0 Å². The maximum atomic E-state index is 5.48. The fourth-order valence-electron chi connectivity index (χ4n) is 1.56. The lowest BCUT2D eigenvalue weighted by molar-refractivity contribution is -0.129. The van der Waals surface area contributed by atoms with Crippen molar-refractivity contribution in [2.45, 2.75) is 51.2 Å². The van der Waals surface area contributed by atoms with Crippen LogP contribution < -0.4 is 0 Å². The van der Waals surface area contributed by atoms with Gasteiger partial charge in [-0.05, 0) is 38.2 Å². The van der Waals surface area contributed by atoms with E-state index in [0.29, 0.717) is 0 Å². The highest BCUT2D eigenvalue weighted by molar-refractivity contribution is 9.09. The Morgan fingerprint density at radius 1 is 1.27 bits per heavy atom. The fourth-order valence-corrected chi connectivity index (χ4v) is 1.96. The van der Waals surface area contributed by atoms with E-state index in [-0.39, 0.29) is 6.29 Å². The molecule has 88 valence electrons. The van der Waals surface area contributed by atoms with Crippen molar-refractivity contribution < 1.29 is 9.47 Å². The summed E-state index contributed by atoms with van der Waals surface area (Å²) >= 11 is 3.43. The van der Waals surface area contributed by atoms with E-state index in [1.165, 1.54) is 32.1 Å². The van der Waals surface area contributed by atoms with Gasteiger partial charge >= 0.3 is 0 Å². The molecule has 0 saturated carbocycles. The van der Waals surface area contributed by atoms with Gasteiger partial charge in [0.1, 0.15) is 0 Å². The van der Waals surface area contributed by atoms with Crippen LogP contribution in [0.4, 0.5) is 0 Å². The Kier molecular flexibility index (Phi) is 8.02. The number of hydrogen-bond donors (Lipinski definition) is 0. The molecule has 1 heterocycles. The third-order valence-corrected chi connectivity index (χ3v) is 3.03. The Morgan fingerprint density at radius 3 is 2.93 bits per heavy atom. The topological polar surface area (TPSA) is 18.5 Å². The number of hydrogen-bond acceptors (Lipinski definition) is 2. The Hall–Kier alpha value is -0.0200. The Bertz CT molecular complexity index is 165. The van der Waals surface area contributed by atoms with Crippen LogP contribution in [0.25, 0.3) is 0 Å². The van der Waals surface area contributed by atoms with Crippen LogP contribution in [-0.4, -0.2) is 18.2 Å². The molecule has 1 aliphatic rings. The SMILES string of the molecule is BrCCCCCC=COC1CCCCO1. The van der Waals surface area contributed by atoms with Gasteiger partial charge in [0.25, 0.3) is 0 Å². The van der Waals surface area contributed by atoms with Gasteiger partial charge < -0.3 is 9.47 Å². The molecule has 0 aromatic carbocycles. The molecule has 0 amide bonds. The summed E-state index contributed by atoms with van der Waals surface area (Å²) in [4.78, 5) is 0. The summed E-state index contributed by atoms with van der Waals surface area (Å²) < 4.78 is 10.9. The summed E-state index contributed by atoms with van der Waals surface area (Å²) in [6.07, 6.45) is 12.3. The second-order valence-corrected chi connectivity index (χ2v) is 4.64. The predicted octanol–water partition coefficient (Wildman–Crippen LogP) is 4.00. The maximum absolute atomic E-state index is 5.48. The molecule has 0 radical (unpaired) electrons. The molecule has 15 heavy (non-hydrogen) atoms. The number of unbranched alkanes of at least 4 members (excludes halogenated alkanes) is 3. The summed E-state index contributed by atoms with van der Waals surface area (Å²) in [7, 11) is 0. The predicted molar refractivity (Wildman–Crippen MR) is 66.1 cm³/mol. The Balaban J connectivity index is 1.91. The normalized spacial score (nSPS) is 22.1. The molecule has 1 rings (SSSR count). The van der Waals surface area contributed by atoms with Crippen LogP contribution in [0, 0.1) is 0 Å². The highest BCUT2D eigenvalue weighted by atomic mass is 79.9. The van der Waals surface area contributed by atoms with Gasteiger partial charge in [0.15, 0.2) is 6.29 Å². The van der Waals surface area contributed by atoms with E-state index in [1.54, 1.807) is 0 Å². The van der Waals surface area contributed by atoms with Crippen LogP contribution in [0.2, 0.25) is 0 Å². The van der Waals surface area contributed by atoms with Crippen molar-refractivity contribution in [3.8, 4) is 0 Å². The molecule has 1 fully saturated rings. The fraction of sp³-hybridized carbons (Fsp3) is 0.833. The van der Waals surface area contributed by atoms with Gasteiger partial charge in [-0.1, -0.05) is 22.4 Å². The van der Waals surface area contributed by atoms with Gasteiger partial charge in [-0.15, -0.1) is 0 Å². The summed E-state index contributed by atoms with van der Waals surface area (Å²) in [5, 5.41) is 1.11. The quantitative estimate of drug-likeness (QED) is 0.398. The molecular weight excluding hydrogens is 256 g/mol. The van der Waals surface area contributed by atoms with Crippen LogP contribution >= 0.6 is 15.9 Å². The van der Waals surface area contributed by atoms with Crippen molar-refractivity contribution in [3.05, 3.63) is 12.3 Å². The van der Waals surface area contributed by atoms with Gasteiger partial charge in [-0.2, -0.15) is 0 Å². The van der Waals surface area contributed by atoms with Gasteiger partial charge in [0.2, 0.25) is 0 Å². The molecule has 0 aliphatic carbocycles. The van der Waals surface area contributed by atoms with Crippen LogP contribution in [0.15, 0.2) is 12.3 Å². The summed E-state index contributed by atoms with van der Waals surface area (Å²) in [5.41, 5.74) is 0. The molecule has 1 aliphatic heterocycles. The highest BCUT2D eigenvalue weighted by Crippen LogP contribution is 2.14. The largest absolute Gasteiger partial charge is 0.473 e. The zero-order valence-corrected chi connectivity index (χ0v) is 10.9. The third kappa shape index (κ3) is 6.96. The molecule has 0 aromatic rings. The molecule has 1 atom stereocenters. The first-order valence-electron chi connectivity index (χ1n) is 5.91. The number of halogens is 1. The molecular formula is C12H21BrO2. The van der Waals surface area contributed by atoms with E-state index in [9.17, 15) is 0 Å². The summed E-state index contributed by atoms with van der Waals surface area (Å²) in [6.45, 7) is 0.851. The Labute approximate surface area is 101 Å². The van der Waals surface area contributed by atoms with E-state index in [2.05, 4.69) is 22.0 Å². The van der Waals surface area contributed by atoms with E-state index in [4.69, 9.17) is 9.47 Å². The van der Waals surface area contributed by atoms with Crippen LogP contribution in [0.1, 0.15) is 44.9 Å². The van der Waals surface area contributed by atoms with Crippen molar-refractivity contribution in [1.29, 1.82) is 0 Å². The lowest BCUT2D eigenvalue weighted by Crippen LogP contribution is -2.19. The minimum absolute atomic E-state index is 0.0116. The van der Waals surface area contributed by atoms with Crippen molar-refractivity contribution in [3.63, 3.8) is 0 Å². The van der Waals surface area contributed by atoms with E-state index in [0.717, 1.165) is 24.8 Å².